The van der Waals surface area contributed by atoms with Crippen molar-refractivity contribution in [3.63, 3.8) is 0 Å². The minimum absolute atomic E-state index is 0.137. The van der Waals surface area contributed by atoms with E-state index in [2.05, 4.69) is 33.5 Å². The number of pyridine rings is 1. The molecule has 9 heteroatoms. The van der Waals surface area contributed by atoms with Gasteiger partial charge in [-0.05, 0) is 42.2 Å². The van der Waals surface area contributed by atoms with Crippen LogP contribution in [0.1, 0.15) is 51.5 Å². The standard InChI is InChI=1S/C24H25N7O2/c1-16(10-22-29-27-15-30(22)2)18-4-3-5-20(11-18)28-23(32)21-12-19(6-8-26-21)24(33)31-9-7-17(13-25)14-31/h3-6,8,11-12,15-17H,7,9-10,14H2,1-2H3,(H,28,32)/t16?,17-/m0/s1. The lowest BCUT2D eigenvalue weighted by Gasteiger charge is -2.16. The number of rotatable bonds is 6. The predicted molar refractivity (Wildman–Crippen MR) is 121 cm³/mol. The molecule has 0 bridgehead atoms. The van der Waals surface area contributed by atoms with Crippen molar-refractivity contribution in [1.82, 2.24) is 24.6 Å². The lowest BCUT2D eigenvalue weighted by Crippen LogP contribution is -2.29. The first-order valence-corrected chi connectivity index (χ1v) is 10.8. The van der Waals surface area contributed by atoms with Gasteiger partial charge in [0.1, 0.15) is 17.8 Å². The van der Waals surface area contributed by atoms with Crippen LogP contribution in [-0.4, -0.2) is 49.6 Å². The van der Waals surface area contributed by atoms with Crippen molar-refractivity contribution < 1.29 is 9.59 Å². The first kappa shape index (κ1) is 22.1. The van der Waals surface area contributed by atoms with E-state index < -0.39 is 0 Å². The molecule has 2 aromatic heterocycles. The number of hydrogen-bond donors (Lipinski definition) is 1. The number of nitrogens with one attached hydrogen (secondary N) is 1. The van der Waals surface area contributed by atoms with Gasteiger partial charge in [-0.25, -0.2) is 0 Å². The maximum atomic E-state index is 12.8. The van der Waals surface area contributed by atoms with Crippen LogP contribution >= 0.6 is 0 Å². The van der Waals surface area contributed by atoms with Gasteiger partial charge in [0.05, 0.1) is 12.0 Å². The van der Waals surface area contributed by atoms with Gasteiger partial charge in [0.15, 0.2) is 0 Å². The number of hydrogen-bond acceptors (Lipinski definition) is 6. The normalized spacial score (nSPS) is 16.3. The average Bonchev–Trinajstić information content (AvgIpc) is 3.48. The quantitative estimate of drug-likeness (QED) is 0.626. The fourth-order valence-electron chi connectivity index (χ4n) is 3.92. The molecule has 0 aliphatic carbocycles. The SMILES string of the molecule is CC(Cc1nncn1C)c1cccc(NC(=O)c2cc(C(=O)N3CC[C@@H](C#N)C3)ccn2)c1. The Bertz CT molecular complexity index is 1210. The van der Waals surface area contributed by atoms with Crippen molar-refractivity contribution in [1.29, 1.82) is 5.26 Å². The summed E-state index contributed by atoms with van der Waals surface area (Å²) in [5, 5.41) is 20.0. The second-order valence-corrected chi connectivity index (χ2v) is 8.34. The fraction of sp³-hybridized carbons (Fsp3) is 0.333. The zero-order valence-electron chi connectivity index (χ0n) is 18.6. The van der Waals surface area contributed by atoms with Crippen LogP contribution in [0.25, 0.3) is 0 Å². The van der Waals surface area contributed by atoms with Crippen molar-refractivity contribution >= 4 is 17.5 Å². The van der Waals surface area contributed by atoms with Crippen molar-refractivity contribution in [2.24, 2.45) is 13.0 Å². The van der Waals surface area contributed by atoms with E-state index in [4.69, 9.17) is 5.26 Å². The Labute approximate surface area is 192 Å². The molecular formula is C24H25N7O2. The van der Waals surface area contributed by atoms with Crippen LogP contribution in [0.15, 0.2) is 48.9 Å². The molecule has 1 N–H and O–H groups in total. The molecule has 33 heavy (non-hydrogen) atoms. The maximum absolute atomic E-state index is 12.8. The average molecular weight is 444 g/mol. The number of nitriles is 1. The number of benzene rings is 1. The summed E-state index contributed by atoms with van der Waals surface area (Å²) in [5.74, 6) is 0.355. The van der Waals surface area contributed by atoms with E-state index in [1.807, 2.05) is 35.9 Å². The summed E-state index contributed by atoms with van der Waals surface area (Å²) in [4.78, 5) is 31.4. The molecule has 1 aliphatic heterocycles. The van der Waals surface area contributed by atoms with E-state index in [0.717, 1.165) is 17.8 Å². The van der Waals surface area contributed by atoms with E-state index in [1.165, 1.54) is 12.3 Å². The van der Waals surface area contributed by atoms with E-state index >= 15 is 0 Å². The maximum Gasteiger partial charge on any atom is 0.274 e. The zero-order chi connectivity index (χ0) is 23.4. The van der Waals surface area contributed by atoms with Gasteiger partial charge in [-0.2, -0.15) is 5.26 Å². The van der Waals surface area contributed by atoms with Gasteiger partial charge < -0.3 is 14.8 Å². The highest BCUT2D eigenvalue weighted by Gasteiger charge is 2.27. The molecule has 2 atom stereocenters. The molecule has 0 spiro atoms. The number of carbonyl (C=O) groups excluding carboxylic acids is 2. The molecule has 2 amide bonds. The van der Waals surface area contributed by atoms with E-state index in [1.54, 1.807) is 17.3 Å². The fourth-order valence-corrected chi connectivity index (χ4v) is 3.92. The van der Waals surface area contributed by atoms with Crippen LogP contribution in [-0.2, 0) is 13.5 Å². The summed E-state index contributed by atoms with van der Waals surface area (Å²) >= 11 is 0. The second kappa shape index (κ2) is 9.61. The van der Waals surface area contributed by atoms with Gasteiger partial charge in [-0.15, -0.1) is 10.2 Å². The molecule has 0 saturated carbocycles. The number of aryl methyl sites for hydroxylation is 1. The van der Waals surface area contributed by atoms with Gasteiger partial charge in [-0.1, -0.05) is 19.1 Å². The van der Waals surface area contributed by atoms with Crippen LogP contribution in [0, 0.1) is 17.2 Å². The highest BCUT2D eigenvalue weighted by molar-refractivity contribution is 6.04. The summed E-state index contributed by atoms with van der Waals surface area (Å²) < 4.78 is 1.89. The smallest absolute Gasteiger partial charge is 0.274 e. The Morgan fingerprint density at radius 2 is 2.15 bits per heavy atom. The third-order valence-electron chi connectivity index (χ3n) is 5.91. The van der Waals surface area contributed by atoms with Gasteiger partial charge >= 0.3 is 0 Å². The number of amides is 2. The molecule has 0 radical (unpaired) electrons. The first-order valence-electron chi connectivity index (χ1n) is 10.8. The monoisotopic (exact) mass is 443 g/mol. The number of carbonyl (C=O) groups is 2. The molecule has 3 aromatic rings. The Kier molecular flexibility index (Phi) is 6.45. The summed E-state index contributed by atoms with van der Waals surface area (Å²) in [6.45, 7) is 3.06. The summed E-state index contributed by atoms with van der Waals surface area (Å²) in [6, 6.07) is 12.9. The number of nitrogens with zero attached hydrogens (tertiary/aromatic N) is 6. The Balaban J connectivity index is 1.44. The highest BCUT2D eigenvalue weighted by atomic mass is 16.2. The molecule has 1 aromatic carbocycles. The van der Waals surface area contributed by atoms with E-state index in [0.29, 0.717) is 30.8 Å². The van der Waals surface area contributed by atoms with Crippen LogP contribution < -0.4 is 5.32 Å². The summed E-state index contributed by atoms with van der Waals surface area (Å²) in [7, 11) is 1.91. The van der Waals surface area contributed by atoms with E-state index in [-0.39, 0.29) is 29.3 Å². The molecule has 3 heterocycles. The van der Waals surface area contributed by atoms with Gasteiger partial charge in [0, 0.05) is 44.0 Å². The second-order valence-electron chi connectivity index (χ2n) is 8.34. The minimum atomic E-state index is -0.390. The Morgan fingerprint density at radius 3 is 2.88 bits per heavy atom. The topological polar surface area (TPSA) is 117 Å². The first-order chi connectivity index (χ1) is 15.9. The molecule has 9 nitrogen and oxygen atoms in total. The van der Waals surface area contributed by atoms with Crippen molar-refractivity contribution in [3.05, 3.63) is 71.6 Å². The number of anilines is 1. The zero-order valence-corrected chi connectivity index (χ0v) is 18.6. The number of aromatic nitrogens is 4. The lowest BCUT2D eigenvalue weighted by atomic mass is 9.97. The van der Waals surface area contributed by atoms with Gasteiger partial charge in [-0.3, -0.25) is 14.6 Å². The summed E-state index contributed by atoms with van der Waals surface area (Å²) in [5.41, 5.74) is 2.26. The van der Waals surface area contributed by atoms with Crippen LogP contribution in [0.5, 0.6) is 0 Å². The Morgan fingerprint density at radius 1 is 1.30 bits per heavy atom. The summed E-state index contributed by atoms with van der Waals surface area (Å²) in [6.07, 6.45) is 4.53. The largest absolute Gasteiger partial charge is 0.337 e. The minimum Gasteiger partial charge on any atom is -0.337 e. The van der Waals surface area contributed by atoms with Crippen LogP contribution in [0.3, 0.4) is 0 Å². The molecule has 1 saturated heterocycles. The molecule has 1 unspecified atom stereocenters. The van der Waals surface area contributed by atoms with E-state index in [9.17, 15) is 9.59 Å². The molecular weight excluding hydrogens is 418 g/mol. The molecule has 4 rings (SSSR count). The predicted octanol–water partition coefficient (Wildman–Crippen LogP) is 2.79. The lowest BCUT2D eigenvalue weighted by molar-refractivity contribution is 0.0789. The van der Waals surface area contributed by atoms with Crippen LogP contribution in [0.2, 0.25) is 0 Å². The van der Waals surface area contributed by atoms with Crippen molar-refractivity contribution in [2.75, 3.05) is 18.4 Å². The van der Waals surface area contributed by atoms with Crippen molar-refractivity contribution in [3.8, 4) is 6.07 Å². The highest BCUT2D eigenvalue weighted by Crippen LogP contribution is 2.23. The Hall–Kier alpha value is -4.06. The molecule has 1 aliphatic rings. The van der Waals surface area contributed by atoms with Crippen molar-refractivity contribution in [2.45, 2.75) is 25.7 Å². The molecule has 168 valence electrons. The van der Waals surface area contributed by atoms with Gasteiger partial charge in [0.2, 0.25) is 0 Å². The molecule has 1 fully saturated rings. The third-order valence-corrected chi connectivity index (χ3v) is 5.91. The van der Waals surface area contributed by atoms with Crippen LogP contribution in [0.4, 0.5) is 5.69 Å². The third kappa shape index (κ3) is 5.06. The van der Waals surface area contributed by atoms with Gasteiger partial charge in [0.25, 0.3) is 11.8 Å². The number of likely N-dealkylation sites (tertiary alicyclic amines) is 1.